The van der Waals surface area contributed by atoms with Crippen LogP contribution in [0, 0.1) is 12.3 Å². The van der Waals surface area contributed by atoms with Gasteiger partial charge in [-0.1, -0.05) is 51.1 Å². The molecule has 1 unspecified atom stereocenters. The van der Waals surface area contributed by atoms with Gasteiger partial charge in [0, 0.05) is 24.5 Å². The molecule has 0 spiro atoms. The molecule has 0 saturated carbocycles. The maximum Gasteiger partial charge on any atom is 0.103 e. The smallest absolute Gasteiger partial charge is 0.103 e. The fourth-order valence-corrected chi connectivity index (χ4v) is 2.34. The van der Waals surface area contributed by atoms with Gasteiger partial charge in [-0.15, -0.1) is 0 Å². The van der Waals surface area contributed by atoms with Gasteiger partial charge in [0.25, 0.3) is 0 Å². The van der Waals surface area contributed by atoms with Crippen LogP contribution in [0.2, 0.25) is 0 Å². The molecule has 0 saturated heterocycles. The number of aromatic nitrogens is 2. The fraction of sp³-hybridized carbons (Fsp3) is 0.438. The number of aromatic amines is 1. The van der Waals surface area contributed by atoms with Crippen LogP contribution < -0.4 is 5.32 Å². The van der Waals surface area contributed by atoms with E-state index in [-0.39, 0.29) is 5.41 Å². The Morgan fingerprint density at radius 1 is 1.21 bits per heavy atom. The van der Waals surface area contributed by atoms with E-state index in [1.807, 2.05) is 13.1 Å². The minimum absolute atomic E-state index is 0.163. The van der Waals surface area contributed by atoms with Crippen LogP contribution in [0.5, 0.6) is 0 Å². The number of hydrogen-bond acceptors (Lipinski definition) is 2. The molecule has 1 atom stereocenters. The molecule has 1 aromatic carbocycles. The number of benzene rings is 1. The number of aryl methyl sites for hydroxylation is 1. The molecule has 1 aromatic heterocycles. The van der Waals surface area contributed by atoms with Crippen molar-refractivity contribution < 1.29 is 0 Å². The van der Waals surface area contributed by atoms with Crippen molar-refractivity contribution in [3.8, 4) is 0 Å². The van der Waals surface area contributed by atoms with Gasteiger partial charge < -0.3 is 10.3 Å². The summed E-state index contributed by atoms with van der Waals surface area (Å²) in [6.45, 7) is 9.56. The van der Waals surface area contributed by atoms with Gasteiger partial charge in [-0.25, -0.2) is 4.98 Å². The molecule has 3 heteroatoms. The van der Waals surface area contributed by atoms with Crippen molar-refractivity contribution in [2.45, 2.75) is 40.3 Å². The van der Waals surface area contributed by atoms with Crippen LogP contribution in [-0.4, -0.2) is 9.97 Å². The topological polar surface area (TPSA) is 40.7 Å². The molecule has 3 nitrogen and oxygen atoms in total. The van der Waals surface area contributed by atoms with Crippen molar-refractivity contribution in [1.82, 2.24) is 15.3 Å². The summed E-state index contributed by atoms with van der Waals surface area (Å²) < 4.78 is 0. The Bertz CT molecular complexity index is 508. The number of nitrogens with one attached hydrogen (secondary N) is 2. The van der Waals surface area contributed by atoms with Crippen LogP contribution in [0.4, 0.5) is 0 Å². The summed E-state index contributed by atoms with van der Waals surface area (Å²) in [4.78, 5) is 7.49. The van der Waals surface area contributed by atoms with Gasteiger partial charge >= 0.3 is 0 Å². The first-order valence-electron chi connectivity index (χ1n) is 6.75. The molecule has 0 radical (unpaired) electrons. The van der Waals surface area contributed by atoms with Gasteiger partial charge in [0.05, 0.1) is 0 Å². The van der Waals surface area contributed by atoms with E-state index in [4.69, 9.17) is 0 Å². The van der Waals surface area contributed by atoms with E-state index in [0.717, 1.165) is 18.1 Å². The van der Waals surface area contributed by atoms with E-state index in [2.05, 4.69) is 66.4 Å². The van der Waals surface area contributed by atoms with E-state index in [1.54, 1.807) is 0 Å². The van der Waals surface area contributed by atoms with Crippen molar-refractivity contribution in [2.75, 3.05) is 0 Å². The lowest BCUT2D eigenvalue weighted by Crippen LogP contribution is -2.32. The van der Waals surface area contributed by atoms with Gasteiger partial charge in [0.2, 0.25) is 0 Å². The van der Waals surface area contributed by atoms with Crippen molar-refractivity contribution in [3.63, 3.8) is 0 Å². The summed E-state index contributed by atoms with van der Waals surface area (Å²) >= 11 is 0. The molecule has 102 valence electrons. The van der Waals surface area contributed by atoms with Gasteiger partial charge in [-0.2, -0.15) is 0 Å². The summed E-state index contributed by atoms with van der Waals surface area (Å²) in [7, 11) is 0. The molecule has 0 fully saturated rings. The Morgan fingerprint density at radius 3 is 2.42 bits per heavy atom. The molecular formula is C16H23N3. The first-order valence-corrected chi connectivity index (χ1v) is 6.75. The normalized spacial score (nSPS) is 13.5. The Kier molecular flexibility index (Phi) is 4.05. The zero-order valence-electron chi connectivity index (χ0n) is 12.2. The largest absolute Gasteiger partial charge is 0.345 e. The Balaban J connectivity index is 2.11. The lowest BCUT2D eigenvalue weighted by atomic mass is 9.82. The SMILES string of the molecule is Cc1ncc(CNC(c2ccccc2)C(C)(C)C)[nH]1. The molecule has 19 heavy (non-hydrogen) atoms. The van der Waals surface area contributed by atoms with Crippen molar-refractivity contribution >= 4 is 0 Å². The maximum atomic E-state index is 4.23. The minimum Gasteiger partial charge on any atom is -0.345 e. The Hall–Kier alpha value is -1.61. The van der Waals surface area contributed by atoms with Gasteiger partial charge in [-0.05, 0) is 17.9 Å². The Morgan fingerprint density at radius 2 is 1.89 bits per heavy atom. The van der Waals surface area contributed by atoms with Crippen LogP contribution in [-0.2, 0) is 6.54 Å². The average molecular weight is 257 g/mol. The number of rotatable bonds is 4. The first-order chi connectivity index (χ1) is 8.97. The highest BCUT2D eigenvalue weighted by Gasteiger charge is 2.25. The number of H-pyrrole nitrogens is 1. The van der Waals surface area contributed by atoms with Crippen molar-refractivity contribution in [2.24, 2.45) is 5.41 Å². The molecule has 1 heterocycles. The van der Waals surface area contributed by atoms with E-state index in [0.29, 0.717) is 6.04 Å². The molecule has 0 aliphatic rings. The van der Waals surface area contributed by atoms with Gasteiger partial charge in [0.1, 0.15) is 5.82 Å². The number of nitrogens with zero attached hydrogens (tertiary/aromatic N) is 1. The first kappa shape index (κ1) is 13.8. The highest BCUT2D eigenvalue weighted by molar-refractivity contribution is 5.21. The molecule has 2 rings (SSSR count). The second kappa shape index (κ2) is 5.57. The monoisotopic (exact) mass is 257 g/mol. The van der Waals surface area contributed by atoms with Crippen LogP contribution >= 0.6 is 0 Å². The molecule has 0 amide bonds. The van der Waals surface area contributed by atoms with Gasteiger partial charge in [0.15, 0.2) is 0 Å². The third kappa shape index (κ3) is 3.67. The van der Waals surface area contributed by atoms with E-state index >= 15 is 0 Å². The third-order valence-corrected chi connectivity index (χ3v) is 3.25. The van der Waals surface area contributed by atoms with Crippen LogP contribution in [0.15, 0.2) is 36.5 Å². The molecule has 0 aliphatic heterocycles. The summed E-state index contributed by atoms with van der Waals surface area (Å²) in [5.41, 5.74) is 2.62. The lowest BCUT2D eigenvalue weighted by Gasteiger charge is -2.32. The second-order valence-corrected chi connectivity index (χ2v) is 6.08. The Labute approximate surface area is 115 Å². The predicted octanol–water partition coefficient (Wildman–Crippen LogP) is 3.60. The second-order valence-electron chi connectivity index (χ2n) is 6.08. The number of hydrogen-bond donors (Lipinski definition) is 2. The lowest BCUT2D eigenvalue weighted by molar-refractivity contribution is 0.270. The fourth-order valence-electron chi connectivity index (χ4n) is 2.34. The van der Waals surface area contributed by atoms with Crippen molar-refractivity contribution in [1.29, 1.82) is 0 Å². The summed E-state index contributed by atoms with van der Waals surface area (Å²) in [6, 6.07) is 10.9. The average Bonchev–Trinajstić information content (AvgIpc) is 2.75. The maximum absolute atomic E-state index is 4.23. The van der Waals surface area contributed by atoms with Crippen molar-refractivity contribution in [3.05, 3.63) is 53.6 Å². The zero-order valence-corrected chi connectivity index (χ0v) is 12.2. The summed E-state index contributed by atoms with van der Waals surface area (Å²) in [6.07, 6.45) is 1.90. The molecule has 0 aliphatic carbocycles. The van der Waals surface area contributed by atoms with E-state index < -0.39 is 0 Å². The summed E-state index contributed by atoms with van der Waals surface area (Å²) in [5.74, 6) is 0.962. The highest BCUT2D eigenvalue weighted by atomic mass is 15.0. The van der Waals surface area contributed by atoms with E-state index in [1.165, 1.54) is 5.56 Å². The van der Waals surface area contributed by atoms with Crippen LogP contribution in [0.1, 0.15) is 43.9 Å². The van der Waals surface area contributed by atoms with Gasteiger partial charge in [-0.3, -0.25) is 0 Å². The standard InChI is InChI=1S/C16H23N3/c1-12-17-10-14(19-12)11-18-15(16(2,3)4)13-8-6-5-7-9-13/h5-10,15,18H,11H2,1-4H3,(H,17,19). The summed E-state index contributed by atoms with van der Waals surface area (Å²) in [5, 5.41) is 3.63. The van der Waals surface area contributed by atoms with Crippen LogP contribution in [0.25, 0.3) is 0 Å². The van der Waals surface area contributed by atoms with E-state index in [9.17, 15) is 0 Å². The molecule has 2 aromatic rings. The number of imidazole rings is 1. The quantitative estimate of drug-likeness (QED) is 0.878. The molecular weight excluding hydrogens is 234 g/mol. The molecule has 0 bridgehead atoms. The minimum atomic E-state index is 0.163. The third-order valence-electron chi connectivity index (χ3n) is 3.25. The predicted molar refractivity (Wildman–Crippen MR) is 78.8 cm³/mol. The highest BCUT2D eigenvalue weighted by Crippen LogP contribution is 2.32. The van der Waals surface area contributed by atoms with Crippen LogP contribution in [0.3, 0.4) is 0 Å². The molecule has 2 N–H and O–H groups in total. The zero-order chi connectivity index (χ0) is 13.9.